The van der Waals surface area contributed by atoms with Crippen molar-refractivity contribution in [1.29, 1.82) is 0 Å². The van der Waals surface area contributed by atoms with Gasteiger partial charge in [-0.15, -0.1) is 0 Å². The quantitative estimate of drug-likeness (QED) is 0.786. The zero-order valence-electron chi connectivity index (χ0n) is 8.34. The lowest BCUT2D eigenvalue weighted by Crippen LogP contribution is -2.19. The average molecular weight is 229 g/mol. The maximum absolute atomic E-state index is 11.9. The number of hydrogen-bond acceptors (Lipinski definition) is 2. The van der Waals surface area contributed by atoms with Gasteiger partial charge in [-0.2, -0.15) is 13.2 Å². The third-order valence-electron chi connectivity index (χ3n) is 1.57. The molecule has 0 aliphatic carbocycles. The molecule has 0 saturated carbocycles. The lowest BCUT2D eigenvalue weighted by atomic mass is 10.2. The van der Waals surface area contributed by atoms with Gasteiger partial charge >= 0.3 is 6.18 Å². The molecule has 86 valence electrons. The van der Waals surface area contributed by atoms with Crippen molar-refractivity contribution in [2.24, 2.45) is 5.73 Å². The van der Waals surface area contributed by atoms with Gasteiger partial charge < -0.3 is 10.5 Å². The van der Waals surface area contributed by atoms with Crippen LogP contribution in [0.15, 0.2) is 24.3 Å². The highest BCUT2D eigenvalue weighted by molar-refractivity contribution is 5.39. The van der Waals surface area contributed by atoms with E-state index in [1.54, 1.807) is 12.1 Å². The summed E-state index contributed by atoms with van der Waals surface area (Å²) in [4.78, 5) is 0. The first-order chi connectivity index (χ1) is 7.51. The highest BCUT2D eigenvalue weighted by Gasteiger charge is 2.28. The van der Waals surface area contributed by atoms with Crippen molar-refractivity contribution in [2.45, 2.75) is 6.18 Å². The van der Waals surface area contributed by atoms with Crippen LogP contribution in [0.3, 0.4) is 0 Å². The molecular weight excluding hydrogens is 219 g/mol. The second-order valence-corrected chi connectivity index (χ2v) is 2.94. The molecule has 0 unspecified atom stereocenters. The predicted octanol–water partition coefficient (Wildman–Crippen LogP) is 1.94. The van der Waals surface area contributed by atoms with Gasteiger partial charge in [-0.05, 0) is 18.2 Å². The SMILES string of the molecule is NCC#Cc1cccc(OCC(F)(F)F)c1. The molecule has 0 amide bonds. The van der Waals surface area contributed by atoms with Gasteiger partial charge in [0.15, 0.2) is 6.61 Å². The zero-order chi connectivity index (χ0) is 12.0. The van der Waals surface area contributed by atoms with E-state index in [1.165, 1.54) is 12.1 Å². The standard InChI is InChI=1S/C11H10F3NO/c12-11(13,14)8-16-10-5-1-3-9(7-10)4-2-6-15/h1,3,5,7H,6,8,15H2. The summed E-state index contributed by atoms with van der Waals surface area (Å²) in [6.45, 7) is -1.10. The summed E-state index contributed by atoms with van der Waals surface area (Å²) in [5.74, 6) is 5.45. The van der Waals surface area contributed by atoms with Gasteiger partial charge in [0, 0.05) is 5.56 Å². The van der Waals surface area contributed by atoms with Gasteiger partial charge in [0.1, 0.15) is 5.75 Å². The highest BCUT2D eigenvalue weighted by atomic mass is 19.4. The Hall–Kier alpha value is -1.67. The molecule has 1 aromatic rings. The molecule has 2 nitrogen and oxygen atoms in total. The number of ether oxygens (including phenoxy) is 1. The van der Waals surface area contributed by atoms with E-state index >= 15 is 0 Å². The van der Waals surface area contributed by atoms with Crippen LogP contribution in [0.2, 0.25) is 0 Å². The van der Waals surface area contributed by atoms with Crippen LogP contribution in [0, 0.1) is 11.8 Å². The molecular formula is C11H10F3NO. The Kier molecular flexibility index (Phi) is 4.20. The van der Waals surface area contributed by atoms with Gasteiger partial charge in [-0.3, -0.25) is 0 Å². The normalized spacial score (nSPS) is 10.5. The van der Waals surface area contributed by atoms with Crippen LogP contribution in [-0.2, 0) is 0 Å². The number of nitrogens with two attached hydrogens (primary N) is 1. The van der Waals surface area contributed by atoms with E-state index < -0.39 is 12.8 Å². The lowest BCUT2D eigenvalue weighted by molar-refractivity contribution is -0.153. The minimum atomic E-state index is -4.33. The largest absolute Gasteiger partial charge is 0.484 e. The van der Waals surface area contributed by atoms with Crippen LogP contribution in [-0.4, -0.2) is 19.3 Å². The van der Waals surface area contributed by atoms with Crippen molar-refractivity contribution >= 4 is 0 Å². The Morgan fingerprint density at radius 3 is 2.69 bits per heavy atom. The van der Waals surface area contributed by atoms with Gasteiger partial charge in [-0.25, -0.2) is 0 Å². The van der Waals surface area contributed by atoms with E-state index in [4.69, 9.17) is 5.73 Å². The molecule has 0 fully saturated rings. The van der Waals surface area contributed by atoms with E-state index in [0.29, 0.717) is 5.56 Å². The number of halogens is 3. The van der Waals surface area contributed by atoms with Gasteiger partial charge in [0.2, 0.25) is 0 Å². The molecule has 0 saturated heterocycles. The van der Waals surface area contributed by atoms with E-state index in [1.807, 2.05) is 0 Å². The smallest absolute Gasteiger partial charge is 0.422 e. The maximum Gasteiger partial charge on any atom is 0.422 e. The first kappa shape index (κ1) is 12.4. The zero-order valence-corrected chi connectivity index (χ0v) is 8.34. The fourth-order valence-electron chi connectivity index (χ4n) is 0.982. The van der Waals surface area contributed by atoms with E-state index in [0.717, 1.165) is 0 Å². The second-order valence-electron chi connectivity index (χ2n) is 2.94. The van der Waals surface area contributed by atoms with Gasteiger partial charge in [-0.1, -0.05) is 17.9 Å². The Labute approximate surface area is 91.2 Å². The monoisotopic (exact) mass is 229 g/mol. The van der Waals surface area contributed by atoms with Crippen molar-refractivity contribution in [1.82, 2.24) is 0 Å². The van der Waals surface area contributed by atoms with Crippen LogP contribution < -0.4 is 10.5 Å². The Bertz CT molecular complexity index is 404. The highest BCUT2D eigenvalue weighted by Crippen LogP contribution is 2.18. The minimum absolute atomic E-state index is 0.140. The summed E-state index contributed by atoms with van der Waals surface area (Å²) >= 11 is 0. The molecule has 16 heavy (non-hydrogen) atoms. The number of rotatable bonds is 2. The summed E-state index contributed by atoms with van der Waals surface area (Å²) in [5, 5.41) is 0. The first-order valence-electron chi connectivity index (χ1n) is 4.50. The van der Waals surface area contributed by atoms with Crippen molar-refractivity contribution < 1.29 is 17.9 Å². The van der Waals surface area contributed by atoms with Crippen LogP contribution in [0.5, 0.6) is 5.75 Å². The molecule has 5 heteroatoms. The summed E-state index contributed by atoms with van der Waals surface area (Å²) in [7, 11) is 0. The molecule has 0 bridgehead atoms. The summed E-state index contributed by atoms with van der Waals surface area (Å²) in [6.07, 6.45) is -4.33. The van der Waals surface area contributed by atoms with Crippen LogP contribution in [0.1, 0.15) is 5.56 Å². The average Bonchev–Trinajstić information content (AvgIpc) is 2.23. The van der Waals surface area contributed by atoms with Crippen molar-refractivity contribution in [3.05, 3.63) is 29.8 Å². The Balaban J connectivity index is 2.68. The summed E-state index contributed by atoms with van der Waals surface area (Å²) in [5.41, 5.74) is 5.75. The second kappa shape index (κ2) is 5.42. The van der Waals surface area contributed by atoms with Crippen molar-refractivity contribution in [3.63, 3.8) is 0 Å². The molecule has 1 rings (SSSR count). The molecule has 0 atom stereocenters. The Morgan fingerprint density at radius 2 is 2.06 bits per heavy atom. The first-order valence-corrected chi connectivity index (χ1v) is 4.50. The molecule has 0 aromatic heterocycles. The molecule has 0 aliphatic rings. The number of hydrogen-bond donors (Lipinski definition) is 1. The lowest BCUT2D eigenvalue weighted by Gasteiger charge is -2.08. The minimum Gasteiger partial charge on any atom is -0.484 e. The van der Waals surface area contributed by atoms with Gasteiger partial charge in [0.05, 0.1) is 6.54 Å². The maximum atomic E-state index is 11.9. The fraction of sp³-hybridized carbons (Fsp3) is 0.273. The summed E-state index contributed by atoms with van der Waals surface area (Å²) < 4.78 is 40.2. The van der Waals surface area contributed by atoms with E-state index in [9.17, 15) is 13.2 Å². The number of benzene rings is 1. The van der Waals surface area contributed by atoms with Crippen LogP contribution in [0.25, 0.3) is 0 Å². The number of alkyl halides is 3. The molecule has 0 aliphatic heterocycles. The van der Waals surface area contributed by atoms with Crippen molar-refractivity contribution in [2.75, 3.05) is 13.2 Å². The van der Waals surface area contributed by atoms with Gasteiger partial charge in [0.25, 0.3) is 0 Å². The molecule has 1 aromatic carbocycles. The van der Waals surface area contributed by atoms with E-state index in [2.05, 4.69) is 16.6 Å². The van der Waals surface area contributed by atoms with Crippen LogP contribution >= 0.6 is 0 Å². The predicted molar refractivity (Wildman–Crippen MR) is 53.9 cm³/mol. The topological polar surface area (TPSA) is 35.2 Å². The third kappa shape index (κ3) is 4.71. The third-order valence-corrected chi connectivity index (χ3v) is 1.57. The molecule has 0 spiro atoms. The van der Waals surface area contributed by atoms with Crippen molar-refractivity contribution in [3.8, 4) is 17.6 Å². The molecule has 0 heterocycles. The molecule has 0 radical (unpaired) electrons. The summed E-state index contributed by atoms with van der Waals surface area (Å²) in [6, 6.07) is 6.13. The van der Waals surface area contributed by atoms with E-state index in [-0.39, 0.29) is 12.3 Å². The fourth-order valence-corrected chi connectivity index (χ4v) is 0.982. The Morgan fingerprint density at radius 1 is 1.31 bits per heavy atom. The van der Waals surface area contributed by atoms with Crippen LogP contribution in [0.4, 0.5) is 13.2 Å². The molecule has 2 N–H and O–H groups in total.